The van der Waals surface area contributed by atoms with E-state index in [2.05, 4.69) is 20.3 Å². The predicted molar refractivity (Wildman–Crippen MR) is 98.7 cm³/mol. The Balaban J connectivity index is 1.63. The summed E-state index contributed by atoms with van der Waals surface area (Å²) in [5.74, 6) is 0.00688. The Hall–Kier alpha value is -3.68. The SMILES string of the molecule is O=C(Nc1ccccc1-c1nc2ccccc2[nH]1)c1ccc(C(F)(F)F)nc1. The summed E-state index contributed by atoms with van der Waals surface area (Å²) in [5.41, 5.74) is 1.74. The van der Waals surface area contributed by atoms with Crippen LogP contribution in [0.5, 0.6) is 0 Å². The van der Waals surface area contributed by atoms with Crippen LogP contribution in [-0.2, 0) is 6.18 Å². The van der Waals surface area contributed by atoms with Gasteiger partial charge in [0, 0.05) is 11.8 Å². The van der Waals surface area contributed by atoms with Crippen molar-refractivity contribution >= 4 is 22.6 Å². The molecule has 0 fully saturated rings. The highest BCUT2D eigenvalue weighted by Crippen LogP contribution is 2.29. The van der Waals surface area contributed by atoms with Gasteiger partial charge >= 0.3 is 6.18 Å². The summed E-state index contributed by atoms with van der Waals surface area (Å²) in [4.78, 5) is 23.5. The lowest BCUT2D eigenvalue weighted by atomic mass is 10.1. The average Bonchev–Trinajstić information content (AvgIpc) is 3.12. The van der Waals surface area contributed by atoms with Gasteiger partial charge in [0.05, 0.1) is 22.3 Å². The summed E-state index contributed by atoms with van der Waals surface area (Å²) >= 11 is 0. The van der Waals surface area contributed by atoms with E-state index in [1.807, 2.05) is 24.3 Å². The number of halogens is 3. The van der Waals surface area contributed by atoms with E-state index < -0.39 is 17.8 Å². The van der Waals surface area contributed by atoms with Gasteiger partial charge in [0.1, 0.15) is 11.5 Å². The number of hydrogen-bond donors (Lipinski definition) is 2. The van der Waals surface area contributed by atoms with Crippen molar-refractivity contribution in [2.75, 3.05) is 5.32 Å². The number of para-hydroxylation sites is 3. The van der Waals surface area contributed by atoms with Gasteiger partial charge in [-0.25, -0.2) is 4.98 Å². The van der Waals surface area contributed by atoms with E-state index in [1.165, 1.54) is 0 Å². The minimum absolute atomic E-state index is 0.0207. The van der Waals surface area contributed by atoms with Gasteiger partial charge in [-0.05, 0) is 36.4 Å². The molecule has 0 radical (unpaired) electrons. The van der Waals surface area contributed by atoms with Crippen molar-refractivity contribution in [3.63, 3.8) is 0 Å². The second-order valence-corrected chi connectivity index (χ2v) is 6.03. The van der Waals surface area contributed by atoms with Crippen LogP contribution in [0.4, 0.5) is 18.9 Å². The Kier molecular flexibility index (Phi) is 4.31. The van der Waals surface area contributed by atoms with Crippen molar-refractivity contribution in [1.29, 1.82) is 0 Å². The summed E-state index contributed by atoms with van der Waals surface area (Å²) in [6.07, 6.45) is -3.65. The molecular weight excluding hydrogens is 369 g/mol. The van der Waals surface area contributed by atoms with Crippen LogP contribution in [0, 0.1) is 0 Å². The topological polar surface area (TPSA) is 70.7 Å². The zero-order valence-corrected chi connectivity index (χ0v) is 14.3. The summed E-state index contributed by atoms with van der Waals surface area (Å²) in [7, 11) is 0. The van der Waals surface area contributed by atoms with E-state index in [-0.39, 0.29) is 5.56 Å². The molecule has 0 aliphatic carbocycles. The van der Waals surface area contributed by atoms with Crippen LogP contribution in [0.1, 0.15) is 16.1 Å². The van der Waals surface area contributed by atoms with Gasteiger partial charge in [-0.15, -0.1) is 0 Å². The monoisotopic (exact) mass is 382 g/mol. The molecule has 0 unspecified atom stereocenters. The Labute approximate surface area is 157 Å². The summed E-state index contributed by atoms with van der Waals surface area (Å²) in [5, 5.41) is 2.71. The zero-order valence-electron chi connectivity index (χ0n) is 14.3. The number of H-pyrrole nitrogens is 1. The normalized spacial score (nSPS) is 11.5. The zero-order chi connectivity index (χ0) is 19.7. The number of imidazole rings is 1. The number of carbonyl (C=O) groups is 1. The van der Waals surface area contributed by atoms with Gasteiger partial charge in [0.15, 0.2) is 0 Å². The molecule has 4 aromatic rings. The smallest absolute Gasteiger partial charge is 0.338 e. The molecule has 2 heterocycles. The maximum atomic E-state index is 12.6. The first-order valence-corrected chi connectivity index (χ1v) is 8.30. The van der Waals surface area contributed by atoms with Crippen LogP contribution in [0.25, 0.3) is 22.4 Å². The first kappa shape index (κ1) is 17.7. The Bertz CT molecular complexity index is 1120. The molecule has 1 amide bonds. The molecule has 0 saturated carbocycles. The maximum absolute atomic E-state index is 12.6. The lowest BCUT2D eigenvalue weighted by Gasteiger charge is -2.10. The molecule has 0 spiro atoms. The maximum Gasteiger partial charge on any atom is 0.433 e. The van der Waals surface area contributed by atoms with E-state index in [9.17, 15) is 18.0 Å². The average molecular weight is 382 g/mol. The third-order valence-corrected chi connectivity index (χ3v) is 4.14. The highest BCUT2D eigenvalue weighted by molar-refractivity contribution is 6.06. The minimum atomic E-state index is -4.55. The van der Waals surface area contributed by atoms with Crippen LogP contribution in [0.15, 0.2) is 66.9 Å². The van der Waals surface area contributed by atoms with Crippen molar-refractivity contribution in [3.05, 3.63) is 78.1 Å². The lowest BCUT2D eigenvalue weighted by Crippen LogP contribution is -2.14. The van der Waals surface area contributed by atoms with Gasteiger partial charge in [-0.2, -0.15) is 13.2 Å². The van der Waals surface area contributed by atoms with Gasteiger partial charge in [0.25, 0.3) is 5.91 Å². The number of pyridine rings is 1. The predicted octanol–water partition coefficient (Wildman–Crippen LogP) is 4.90. The highest BCUT2D eigenvalue weighted by Gasteiger charge is 2.32. The standard InChI is InChI=1S/C20H13F3N4O/c21-20(22,23)17-10-9-12(11-24-17)19(28)27-14-6-2-1-5-13(14)18-25-15-7-3-4-8-16(15)26-18/h1-11H,(H,25,26)(H,27,28). The molecule has 0 aliphatic rings. The summed E-state index contributed by atoms with van der Waals surface area (Å²) in [6, 6.07) is 16.4. The number of carbonyl (C=O) groups excluding carboxylic acids is 1. The number of nitrogens with one attached hydrogen (secondary N) is 2. The second-order valence-electron chi connectivity index (χ2n) is 6.03. The molecule has 0 atom stereocenters. The van der Waals surface area contributed by atoms with Crippen molar-refractivity contribution in [2.45, 2.75) is 6.18 Å². The van der Waals surface area contributed by atoms with Crippen LogP contribution >= 0.6 is 0 Å². The molecule has 0 saturated heterocycles. The number of nitrogens with zero attached hydrogens (tertiary/aromatic N) is 2. The lowest BCUT2D eigenvalue weighted by molar-refractivity contribution is -0.141. The van der Waals surface area contributed by atoms with E-state index in [0.29, 0.717) is 17.1 Å². The molecule has 140 valence electrons. The molecule has 8 heteroatoms. The molecule has 28 heavy (non-hydrogen) atoms. The number of rotatable bonds is 3. The third-order valence-electron chi connectivity index (χ3n) is 4.14. The quantitative estimate of drug-likeness (QED) is 0.530. The first-order valence-electron chi connectivity index (χ1n) is 8.30. The van der Waals surface area contributed by atoms with E-state index in [1.54, 1.807) is 24.3 Å². The van der Waals surface area contributed by atoms with Crippen molar-refractivity contribution in [3.8, 4) is 11.4 Å². The molecule has 2 N–H and O–H groups in total. The molecule has 0 bridgehead atoms. The van der Waals surface area contributed by atoms with Crippen LogP contribution < -0.4 is 5.32 Å². The number of fused-ring (bicyclic) bond motifs is 1. The second kappa shape index (κ2) is 6.80. The minimum Gasteiger partial charge on any atom is -0.338 e. The number of anilines is 1. The summed E-state index contributed by atoms with van der Waals surface area (Å²) < 4.78 is 37.9. The van der Waals surface area contributed by atoms with Gasteiger partial charge in [-0.1, -0.05) is 24.3 Å². The largest absolute Gasteiger partial charge is 0.433 e. The highest BCUT2D eigenvalue weighted by atomic mass is 19.4. The van der Waals surface area contributed by atoms with Crippen molar-refractivity contribution < 1.29 is 18.0 Å². The first-order chi connectivity index (χ1) is 13.4. The molecule has 0 aliphatic heterocycles. The Morgan fingerprint density at radius 1 is 0.964 bits per heavy atom. The van der Waals surface area contributed by atoms with Gasteiger partial charge in [-0.3, -0.25) is 9.78 Å². The van der Waals surface area contributed by atoms with E-state index in [4.69, 9.17) is 0 Å². The number of alkyl halides is 3. The van der Waals surface area contributed by atoms with Gasteiger partial charge < -0.3 is 10.3 Å². The molecular formula is C20H13F3N4O. The fraction of sp³-hybridized carbons (Fsp3) is 0.0500. The number of aromatic nitrogens is 3. The van der Waals surface area contributed by atoms with Crippen LogP contribution in [0.3, 0.4) is 0 Å². The van der Waals surface area contributed by atoms with E-state index in [0.717, 1.165) is 29.4 Å². The number of amides is 1. The Morgan fingerprint density at radius 3 is 2.43 bits per heavy atom. The van der Waals surface area contributed by atoms with Crippen LogP contribution in [0.2, 0.25) is 0 Å². The van der Waals surface area contributed by atoms with Crippen LogP contribution in [-0.4, -0.2) is 20.9 Å². The third kappa shape index (κ3) is 3.44. The fourth-order valence-electron chi connectivity index (χ4n) is 2.77. The number of hydrogen-bond acceptors (Lipinski definition) is 3. The Morgan fingerprint density at radius 2 is 1.71 bits per heavy atom. The molecule has 4 rings (SSSR count). The van der Waals surface area contributed by atoms with Gasteiger partial charge in [0.2, 0.25) is 0 Å². The number of benzene rings is 2. The molecule has 2 aromatic heterocycles. The van der Waals surface area contributed by atoms with Crippen molar-refractivity contribution in [1.82, 2.24) is 15.0 Å². The number of aromatic amines is 1. The molecule has 2 aromatic carbocycles. The van der Waals surface area contributed by atoms with E-state index >= 15 is 0 Å². The fourth-order valence-corrected chi connectivity index (χ4v) is 2.77. The van der Waals surface area contributed by atoms with Crippen molar-refractivity contribution in [2.24, 2.45) is 0 Å². The summed E-state index contributed by atoms with van der Waals surface area (Å²) in [6.45, 7) is 0. The molecule has 5 nitrogen and oxygen atoms in total.